The van der Waals surface area contributed by atoms with Gasteiger partial charge in [-0.2, -0.15) is 0 Å². The molecule has 0 bridgehead atoms. The minimum absolute atomic E-state index is 0.120. The maximum Gasteiger partial charge on any atom is 0.251 e. The van der Waals surface area contributed by atoms with Crippen molar-refractivity contribution in [1.29, 1.82) is 0 Å². The zero-order valence-electron chi connectivity index (χ0n) is 24.6. The second-order valence-corrected chi connectivity index (χ2v) is 11.7. The standard InChI is InChI=1S/C36H38N4OS/c1-4-5-11-28-17-19-31(20-18-28)35(41)37-33(24-29-12-7-6-8-13-29)34-38-39-36(40(34)32-21-15-26(2)16-22-32)42-25-30-14-9-10-27(3)23-30/h6-10,12-23,33H,4-5,11,24-25H2,1-3H3,(H,37,41). The van der Waals surface area contributed by atoms with Gasteiger partial charge in [0.05, 0.1) is 6.04 Å². The number of benzene rings is 4. The Labute approximate surface area is 253 Å². The third-order valence-electron chi connectivity index (χ3n) is 7.34. The van der Waals surface area contributed by atoms with Crippen molar-refractivity contribution in [3.05, 3.63) is 142 Å². The fourth-order valence-electron chi connectivity index (χ4n) is 4.99. The van der Waals surface area contributed by atoms with Crippen molar-refractivity contribution in [3.8, 4) is 5.69 Å². The molecular weight excluding hydrogens is 536 g/mol. The molecule has 6 heteroatoms. The number of hydrogen-bond acceptors (Lipinski definition) is 4. The lowest BCUT2D eigenvalue weighted by molar-refractivity contribution is 0.0934. The summed E-state index contributed by atoms with van der Waals surface area (Å²) < 4.78 is 2.10. The summed E-state index contributed by atoms with van der Waals surface area (Å²) in [5.41, 5.74) is 7.63. The van der Waals surface area contributed by atoms with Gasteiger partial charge in [-0.15, -0.1) is 10.2 Å². The van der Waals surface area contributed by atoms with Crippen LogP contribution >= 0.6 is 11.8 Å². The SMILES string of the molecule is CCCCc1ccc(C(=O)NC(Cc2ccccc2)c2nnc(SCc3cccc(C)c3)n2-c2ccc(C)cc2)cc1. The fraction of sp³-hybridized carbons (Fsp3) is 0.250. The van der Waals surface area contributed by atoms with Crippen molar-refractivity contribution in [3.63, 3.8) is 0 Å². The predicted molar refractivity (Wildman–Crippen MR) is 172 cm³/mol. The summed E-state index contributed by atoms with van der Waals surface area (Å²) in [6, 6.07) is 34.7. The maximum atomic E-state index is 13.6. The molecule has 5 aromatic rings. The zero-order valence-corrected chi connectivity index (χ0v) is 25.4. The van der Waals surface area contributed by atoms with Crippen LogP contribution in [0.4, 0.5) is 0 Å². The molecule has 1 N–H and O–H groups in total. The molecule has 5 rings (SSSR count). The molecule has 0 aliphatic rings. The molecule has 0 saturated carbocycles. The Balaban J connectivity index is 1.49. The van der Waals surface area contributed by atoms with Crippen LogP contribution in [-0.4, -0.2) is 20.7 Å². The van der Waals surface area contributed by atoms with E-state index in [1.165, 1.54) is 22.3 Å². The molecule has 1 heterocycles. The molecule has 0 spiro atoms. The van der Waals surface area contributed by atoms with E-state index in [2.05, 4.69) is 109 Å². The first-order valence-electron chi connectivity index (χ1n) is 14.6. The Morgan fingerprint density at radius 3 is 2.26 bits per heavy atom. The fourth-order valence-corrected chi connectivity index (χ4v) is 5.89. The summed E-state index contributed by atoms with van der Waals surface area (Å²) in [4.78, 5) is 13.6. The molecular formula is C36H38N4OS. The number of amides is 1. The van der Waals surface area contributed by atoms with E-state index >= 15 is 0 Å². The molecule has 0 radical (unpaired) electrons. The quantitative estimate of drug-likeness (QED) is 0.153. The van der Waals surface area contributed by atoms with E-state index in [0.717, 1.165) is 41.4 Å². The largest absolute Gasteiger partial charge is 0.342 e. The lowest BCUT2D eigenvalue weighted by Crippen LogP contribution is -2.32. The van der Waals surface area contributed by atoms with Crippen LogP contribution in [-0.2, 0) is 18.6 Å². The van der Waals surface area contributed by atoms with E-state index < -0.39 is 0 Å². The van der Waals surface area contributed by atoms with E-state index in [9.17, 15) is 4.79 Å². The van der Waals surface area contributed by atoms with E-state index in [4.69, 9.17) is 5.10 Å². The van der Waals surface area contributed by atoms with Gasteiger partial charge in [-0.3, -0.25) is 9.36 Å². The Hall–Kier alpha value is -4.16. The molecule has 0 aliphatic heterocycles. The summed E-state index contributed by atoms with van der Waals surface area (Å²) in [5, 5.41) is 13.5. The molecule has 1 amide bonds. The van der Waals surface area contributed by atoms with Crippen LogP contribution in [0.5, 0.6) is 0 Å². The lowest BCUT2D eigenvalue weighted by atomic mass is 10.0. The first-order chi connectivity index (χ1) is 20.5. The molecule has 42 heavy (non-hydrogen) atoms. The number of aromatic nitrogens is 3. The third kappa shape index (κ3) is 7.56. The van der Waals surface area contributed by atoms with Crippen molar-refractivity contribution >= 4 is 17.7 Å². The molecule has 4 aromatic carbocycles. The second kappa shape index (κ2) is 14.1. The minimum atomic E-state index is -0.387. The van der Waals surface area contributed by atoms with Gasteiger partial charge < -0.3 is 5.32 Å². The van der Waals surface area contributed by atoms with E-state index in [0.29, 0.717) is 17.8 Å². The summed E-state index contributed by atoms with van der Waals surface area (Å²) in [5.74, 6) is 1.36. The second-order valence-electron chi connectivity index (χ2n) is 10.8. The first-order valence-corrected chi connectivity index (χ1v) is 15.6. The van der Waals surface area contributed by atoms with Crippen molar-refractivity contribution in [2.24, 2.45) is 0 Å². The number of unbranched alkanes of at least 4 members (excludes halogenated alkanes) is 1. The Morgan fingerprint density at radius 2 is 1.55 bits per heavy atom. The lowest BCUT2D eigenvalue weighted by Gasteiger charge is -2.20. The van der Waals surface area contributed by atoms with E-state index in [1.807, 2.05) is 30.3 Å². The Bertz CT molecular complexity index is 1590. The van der Waals surface area contributed by atoms with E-state index in [-0.39, 0.29) is 11.9 Å². The monoisotopic (exact) mass is 574 g/mol. The predicted octanol–water partition coefficient (Wildman–Crippen LogP) is 8.23. The average Bonchev–Trinajstić information content (AvgIpc) is 3.44. The molecule has 5 nitrogen and oxygen atoms in total. The van der Waals surface area contributed by atoms with Gasteiger partial charge in [0.2, 0.25) is 0 Å². The van der Waals surface area contributed by atoms with Crippen LogP contribution in [0.15, 0.2) is 108 Å². The Kier molecular flexibility index (Phi) is 9.88. The number of nitrogens with zero attached hydrogens (tertiary/aromatic N) is 3. The van der Waals surface area contributed by atoms with Gasteiger partial charge in [0.1, 0.15) is 0 Å². The first kappa shape index (κ1) is 29.3. The molecule has 1 unspecified atom stereocenters. The molecule has 0 fully saturated rings. The van der Waals surface area contributed by atoms with Gasteiger partial charge >= 0.3 is 0 Å². The molecule has 0 saturated heterocycles. The number of thioether (sulfide) groups is 1. The summed E-state index contributed by atoms with van der Waals surface area (Å²) in [7, 11) is 0. The molecule has 214 valence electrons. The van der Waals surface area contributed by atoms with Gasteiger partial charge in [0.25, 0.3) is 5.91 Å². The maximum absolute atomic E-state index is 13.6. The van der Waals surface area contributed by atoms with Gasteiger partial charge in [-0.1, -0.05) is 115 Å². The van der Waals surface area contributed by atoms with Crippen LogP contribution in [0.2, 0.25) is 0 Å². The molecule has 1 atom stereocenters. The number of hydrogen-bond donors (Lipinski definition) is 1. The van der Waals surface area contributed by atoms with Gasteiger partial charge in [0.15, 0.2) is 11.0 Å². The highest BCUT2D eigenvalue weighted by Crippen LogP contribution is 2.29. The number of aryl methyl sites for hydroxylation is 3. The van der Waals surface area contributed by atoms with Crippen LogP contribution in [0.25, 0.3) is 5.69 Å². The highest BCUT2D eigenvalue weighted by Gasteiger charge is 2.25. The smallest absolute Gasteiger partial charge is 0.251 e. The van der Waals surface area contributed by atoms with E-state index in [1.54, 1.807) is 11.8 Å². The Morgan fingerprint density at radius 1 is 0.810 bits per heavy atom. The highest BCUT2D eigenvalue weighted by atomic mass is 32.2. The third-order valence-corrected chi connectivity index (χ3v) is 8.34. The van der Waals surface area contributed by atoms with Crippen LogP contribution in [0.1, 0.15) is 69.8 Å². The van der Waals surface area contributed by atoms with Gasteiger partial charge in [-0.25, -0.2) is 0 Å². The molecule has 1 aromatic heterocycles. The average molecular weight is 575 g/mol. The van der Waals surface area contributed by atoms with Crippen molar-refractivity contribution in [2.75, 3.05) is 0 Å². The van der Waals surface area contributed by atoms with Crippen LogP contribution in [0, 0.1) is 13.8 Å². The normalized spacial score (nSPS) is 11.8. The van der Waals surface area contributed by atoms with Gasteiger partial charge in [0, 0.05) is 17.0 Å². The van der Waals surface area contributed by atoms with Crippen molar-refractivity contribution < 1.29 is 4.79 Å². The van der Waals surface area contributed by atoms with Crippen molar-refractivity contribution in [1.82, 2.24) is 20.1 Å². The van der Waals surface area contributed by atoms with Gasteiger partial charge in [-0.05, 0) is 74.1 Å². The zero-order chi connectivity index (χ0) is 29.3. The summed E-state index contributed by atoms with van der Waals surface area (Å²) >= 11 is 1.65. The highest BCUT2D eigenvalue weighted by molar-refractivity contribution is 7.98. The number of rotatable bonds is 12. The molecule has 0 aliphatic carbocycles. The summed E-state index contributed by atoms with van der Waals surface area (Å²) in [6.45, 7) is 6.38. The topological polar surface area (TPSA) is 59.8 Å². The number of nitrogens with one attached hydrogen (secondary N) is 1. The number of carbonyl (C=O) groups is 1. The summed E-state index contributed by atoms with van der Waals surface area (Å²) in [6.07, 6.45) is 3.91. The minimum Gasteiger partial charge on any atom is -0.342 e. The van der Waals surface area contributed by atoms with Crippen LogP contribution in [0.3, 0.4) is 0 Å². The van der Waals surface area contributed by atoms with Crippen molar-refractivity contribution in [2.45, 2.75) is 63.4 Å². The number of carbonyl (C=O) groups excluding carboxylic acids is 1. The van der Waals surface area contributed by atoms with Crippen LogP contribution < -0.4 is 5.32 Å².